The van der Waals surface area contributed by atoms with Gasteiger partial charge in [0.1, 0.15) is 0 Å². The maximum atomic E-state index is 13.3. The van der Waals surface area contributed by atoms with Gasteiger partial charge in [-0.05, 0) is 42.5 Å². The van der Waals surface area contributed by atoms with Crippen LogP contribution in [0, 0.1) is 5.92 Å². The van der Waals surface area contributed by atoms with E-state index in [-0.39, 0.29) is 17.7 Å². The molecule has 1 saturated heterocycles. The number of fused-ring (bicyclic) bond motifs is 1. The van der Waals surface area contributed by atoms with E-state index in [1.54, 1.807) is 23.1 Å². The van der Waals surface area contributed by atoms with E-state index >= 15 is 0 Å². The Kier molecular flexibility index (Phi) is 5.34. The number of carbonyl (C=O) groups excluding carboxylic acids is 2. The van der Waals surface area contributed by atoms with Crippen LogP contribution in [0.3, 0.4) is 0 Å². The number of likely N-dealkylation sites (tertiary alicyclic amines) is 1. The third-order valence-electron chi connectivity index (χ3n) is 5.88. The number of benzene rings is 2. The molecule has 2 heterocycles. The van der Waals surface area contributed by atoms with E-state index in [9.17, 15) is 19.5 Å². The summed E-state index contributed by atoms with van der Waals surface area (Å²) >= 11 is 0. The fraction of sp³-hybridized carbons (Fsp3) is 0.348. The van der Waals surface area contributed by atoms with Crippen molar-refractivity contribution in [2.75, 3.05) is 19.6 Å². The summed E-state index contributed by atoms with van der Waals surface area (Å²) in [5.74, 6) is -1.64. The first kappa shape index (κ1) is 19.2. The van der Waals surface area contributed by atoms with Crippen LogP contribution in [0.2, 0.25) is 0 Å². The molecule has 1 fully saturated rings. The molecular formula is C23H24N2O4. The number of hydrogen-bond acceptors (Lipinski definition) is 3. The van der Waals surface area contributed by atoms with Crippen LogP contribution >= 0.6 is 0 Å². The van der Waals surface area contributed by atoms with Gasteiger partial charge in [0.2, 0.25) is 5.91 Å². The predicted molar refractivity (Wildman–Crippen MR) is 107 cm³/mol. The SMILES string of the molecule is O=C(O)C1c2ccccc2CCN1C(=O)C1CCCN(C(=O)c2ccccc2)C1. The lowest BCUT2D eigenvalue weighted by Gasteiger charge is -2.39. The summed E-state index contributed by atoms with van der Waals surface area (Å²) in [5, 5.41) is 9.83. The highest BCUT2D eigenvalue weighted by Crippen LogP contribution is 2.32. The molecule has 0 aromatic heterocycles. The smallest absolute Gasteiger partial charge is 0.331 e. The lowest BCUT2D eigenvalue weighted by molar-refractivity contribution is -0.153. The van der Waals surface area contributed by atoms with Crippen LogP contribution in [0.25, 0.3) is 0 Å². The third-order valence-corrected chi connectivity index (χ3v) is 5.88. The van der Waals surface area contributed by atoms with Crippen molar-refractivity contribution in [3.8, 4) is 0 Å². The van der Waals surface area contributed by atoms with Crippen molar-refractivity contribution in [1.82, 2.24) is 9.80 Å². The van der Waals surface area contributed by atoms with E-state index in [0.717, 1.165) is 12.0 Å². The molecule has 0 spiro atoms. The molecule has 2 aliphatic heterocycles. The molecule has 2 aliphatic rings. The van der Waals surface area contributed by atoms with Crippen molar-refractivity contribution in [2.24, 2.45) is 5.92 Å². The molecule has 150 valence electrons. The molecule has 2 aromatic carbocycles. The van der Waals surface area contributed by atoms with Gasteiger partial charge in [0.25, 0.3) is 5.91 Å². The fourth-order valence-electron chi connectivity index (χ4n) is 4.43. The molecule has 2 amide bonds. The summed E-state index contributed by atoms with van der Waals surface area (Å²) in [5.41, 5.74) is 2.28. The summed E-state index contributed by atoms with van der Waals surface area (Å²) in [6.45, 7) is 1.33. The quantitative estimate of drug-likeness (QED) is 0.871. The maximum Gasteiger partial charge on any atom is 0.331 e. The number of carboxylic acid groups (broad SMARTS) is 1. The Balaban J connectivity index is 1.53. The molecule has 2 unspecified atom stereocenters. The van der Waals surface area contributed by atoms with Crippen molar-refractivity contribution < 1.29 is 19.5 Å². The van der Waals surface area contributed by atoms with E-state index in [0.29, 0.717) is 43.6 Å². The monoisotopic (exact) mass is 392 g/mol. The zero-order chi connectivity index (χ0) is 20.4. The zero-order valence-electron chi connectivity index (χ0n) is 16.2. The minimum absolute atomic E-state index is 0.0816. The van der Waals surface area contributed by atoms with Crippen LogP contribution in [0.15, 0.2) is 54.6 Å². The first-order chi connectivity index (χ1) is 14.1. The topological polar surface area (TPSA) is 77.9 Å². The molecule has 0 radical (unpaired) electrons. The highest BCUT2D eigenvalue weighted by molar-refractivity contribution is 5.95. The Morgan fingerprint density at radius 1 is 0.931 bits per heavy atom. The van der Waals surface area contributed by atoms with Gasteiger partial charge in [-0.3, -0.25) is 9.59 Å². The number of hydrogen-bond donors (Lipinski definition) is 1. The Hall–Kier alpha value is -3.15. The lowest BCUT2D eigenvalue weighted by atomic mass is 9.89. The zero-order valence-corrected chi connectivity index (χ0v) is 16.2. The van der Waals surface area contributed by atoms with Gasteiger partial charge >= 0.3 is 5.97 Å². The minimum atomic E-state index is -1.02. The summed E-state index contributed by atoms with van der Waals surface area (Å²) in [6, 6.07) is 15.5. The Morgan fingerprint density at radius 2 is 1.66 bits per heavy atom. The summed E-state index contributed by atoms with van der Waals surface area (Å²) < 4.78 is 0. The normalized spacial score (nSPS) is 21.4. The summed E-state index contributed by atoms with van der Waals surface area (Å²) in [6.07, 6.45) is 2.05. The molecule has 0 aliphatic carbocycles. The highest BCUT2D eigenvalue weighted by atomic mass is 16.4. The second-order valence-electron chi connectivity index (χ2n) is 7.68. The predicted octanol–water partition coefficient (Wildman–Crippen LogP) is 2.75. The number of carbonyl (C=O) groups is 3. The Labute approximate surface area is 169 Å². The molecule has 0 bridgehead atoms. The first-order valence-electron chi connectivity index (χ1n) is 10.0. The van der Waals surface area contributed by atoms with E-state index in [2.05, 4.69) is 0 Å². The first-order valence-corrected chi connectivity index (χ1v) is 10.0. The molecule has 0 saturated carbocycles. The van der Waals surface area contributed by atoms with E-state index in [1.807, 2.05) is 36.4 Å². The van der Waals surface area contributed by atoms with Crippen LogP contribution in [0.4, 0.5) is 0 Å². The van der Waals surface area contributed by atoms with E-state index in [1.165, 1.54) is 4.90 Å². The molecule has 2 atom stereocenters. The van der Waals surface area contributed by atoms with Crippen molar-refractivity contribution in [2.45, 2.75) is 25.3 Å². The molecule has 6 nitrogen and oxygen atoms in total. The molecule has 6 heteroatoms. The van der Waals surface area contributed by atoms with Crippen molar-refractivity contribution in [3.05, 3.63) is 71.3 Å². The standard InChI is InChI=1S/C23H24N2O4/c26-21(17-8-2-1-3-9-17)24-13-6-10-18(15-24)22(27)25-14-12-16-7-4-5-11-19(16)20(25)23(28)29/h1-5,7-9,11,18,20H,6,10,12-15H2,(H,28,29). The van der Waals surface area contributed by atoms with Gasteiger partial charge in [-0.1, -0.05) is 42.5 Å². The van der Waals surface area contributed by atoms with Gasteiger partial charge in [0, 0.05) is 25.2 Å². The van der Waals surface area contributed by atoms with Gasteiger partial charge in [-0.15, -0.1) is 0 Å². The molecular weight excluding hydrogens is 368 g/mol. The Bertz CT molecular complexity index is 927. The van der Waals surface area contributed by atoms with Crippen LogP contribution < -0.4 is 0 Å². The second-order valence-corrected chi connectivity index (χ2v) is 7.68. The van der Waals surface area contributed by atoms with E-state index < -0.39 is 12.0 Å². The van der Waals surface area contributed by atoms with Gasteiger partial charge in [-0.2, -0.15) is 0 Å². The molecule has 29 heavy (non-hydrogen) atoms. The van der Waals surface area contributed by atoms with Crippen LogP contribution in [0.1, 0.15) is 40.4 Å². The number of amides is 2. The number of carboxylic acids is 1. The van der Waals surface area contributed by atoms with Crippen molar-refractivity contribution in [3.63, 3.8) is 0 Å². The van der Waals surface area contributed by atoms with Gasteiger partial charge in [0.05, 0.1) is 5.92 Å². The van der Waals surface area contributed by atoms with Crippen molar-refractivity contribution >= 4 is 17.8 Å². The van der Waals surface area contributed by atoms with Crippen LogP contribution in [-0.2, 0) is 16.0 Å². The van der Waals surface area contributed by atoms with Crippen LogP contribution in [-0.4, -0.2) is 52.3 Å². The summed E-state index contributed by atoms with van der Waals surface area (Å²) in [7, 11) is 0. The Morgan fingerprint density at radius 3 is 2.41 bits per heavy atom. The lowest BCUT2D eigenvalue weighted by Crippen LogP contribution is -2.50. The molecule has 4 rings (SSSR count). The van der Waals surface area contributed by atoms with Gasteiger partial charge in [-0.25, -0.2) is 4.79 Å². The van der Waals surface area contributed by atoms with Crippen LogP contribution in [0.5, 0.6) is 0 Å². The van der Waals surface area contributed by atoms with Crippen molar-refractivity contribution in [1.29, 1.82) is 0 Å². The second kappa shape index (κ2) is 8.07. The highest BCUT2D eigenvalue weighted by Gasteiger charge is 2.40. The summed E-state index contributed by atoms with van der Waals surface area (Å²) in [4.78, 5) is 41.3. The maximum absolute atomic E-state index is 13.3. The molecule has 1 N–H and O–H groups in total. The van der Waals surface area contributed by atoms with Gasteiger partial charge in [0.15, 0.2) is 6.04 Å². The molecule has 2 aromatic rings. The minimum Gasteiger partial charge on any atom is -0.479 e. The number of piperidine rings is 1. The fourth-order valence-corrected chi connectivity index (χ4v) is 4.43. The average Bonchev–Trinajstić information content (AvgIpc) is 2.77. The number of rotatable bonds is 3. The van der Waals surface area contributed by atoms with E-state index in [4.69, 9.17) is 0 Å². The third kappa shape index (κ3) is 3.75. The average molecular weight is 392 g/mol. The number of aliphatic carboxylic acids is 1. The number of nitrogens with zero attached hydrogens (tertiary/aromatic N) is 2. The van der Waals surface area contributed by atoms with Gasteiger partial charge < -0.3 is 14.9 Å². The largest absolute Gasteiger partial charge is 0.479 e.